The van der Waals surface area contributed by atoms with Gasteiger partial charge in [0, 0.05) is 18.8 Å². The van der Waals surface area contributed by atoms with Gasteiger partial charge in [-0.3, -0.25) is 0 Å². The van der Waals surface area contributed by atoms with Crippen molar-refractivity contribution in [1.29, 1.82) is 0 Å². The quantitative estimate of drug-likeness (QED) is 0.848. The van der Waals surface area contributed by atoms with Crippen LogP contribution in [0, 0.1) is 5.82 Å². The van der Waals surface area contributed by atoms with Crippen molar-refractivity contribution in [2.45, 2.75) is 13.0 Å². The number of halogens is 1. The Morgan fingerprint density at radius 2 is 1.50 bits per heavy atom. The van der Waals surface area contributed by atoms with Gasteiger partial charge in [0.2, 0.25) is 0 Å². The SMILES string of the molecule is NCc1ccc(CCNc2ccc(F)cc2)cc1. The van der Waals surface area contributed by atoms with Crippen LogP contribution in [0.3, 0.4) is 0 Å². The Morgan fingerprint density at radius 3 is 2.11 bits per heavy atom. The van der Waals surface area contributed by atoms with Gasteiger partial charge in [0.1, 0.15) is 5.82 Å². The van der Waals surface area contributed by atoms with Crippen molar-refractivity contribution in [3.05, 3.63) is 65.5 Å². The smallest absolute Gasteiger partial charge is 0.123 e. The second-order valence-corrected chi connectivity index (χ2v) is 4.20. The first-order valence-electron chi connectivity index (χ1n) is 6.05. The van der Waals surface area contributed by atoms with Gasteiger partial charge < -0.3 is 11.1 Å². The molecule has 0 saturated carbocycles. The first-order valence-corrected chi connectivity index (χ1v) is 6.05. The third-order valence-corrected chi connectivity index (χ3v) is 2.85. The summed E-state index contributed by atoms with van der Waals surface area (Å²) in [6.07, 6.45) is 0.933. The summed E-state index contributed by atoms with van der Waals surface area (Å²) in [5.41, 5.74) is 8.89. The van der Waals surface area contributed by atoms with E-state index in [0.717, 1.165) is 24.2 Å². The minimum Gasteiger partial charge on any atom is -0.385 e. The molecule has 0 atom stereocenters. The number of hydrogen-bond donors (Lipinski definition) is 2. The molecule has 18 heavy (non-hydrogen) atoms. The first-order chi connectivity index (χ1) is 8.78. The molecule has 0 fully saturated rings. The van der Waals surface area contributed by atoms with E-state index in [1.165, 1.54) is 17.7 Å². The van der Waals surface area contributed by atoms with E-state index >= 15 is 0 Å². The molecule has 0 aliphatic heterocycles. The molecule has 2 aromatic carbocycles. The summed E-state index contributed by atoms with van der Waals surface area (Å²) in [5, 5.41) is 3.26. The van der Waals surface area contributed by atoms with Crippen LogP contribution in [0.5, 0.6) is 0 Å². The molecule has 2 rings (SSSR count). The van der Waals surface area contributed by atoms with Gasteiger partial charge in [0.05, 0.1) is 0 Å². The van der Waals surface area contributed by atoms with E-state index < -0.39 is 0 Å². The fraction of sp³-hybridized carbons (Fsp3) is 0.200. The molecule has 2 aromatic rings. The third-order valence-electron chi connectivity index (χ3n) is 2.85. The van der Waals surface area contributed by atoms with Crippen LogP contribution in [0.2, 0.25) is 0 Å². The fourth-order valence-corrected chi connectivity index (χ4v) is 1.76. The maximum absolute atomic E-state index is 12.7. The second-order valence-electron chi connectivity index (χ2n) is 4.20. The van der Waals surface area contributed by atoms with E-state index in [1.54, 1.807) is 12.1 Å². The van der Waals surface area contributed by atoms with Crippen LogP contribution in [-0.4, -0.2) is 6.54 Å². The minimum atomic E-state index is -0.210. The lowest BCUT2D eigenvalue weighted by Crippen LogP contribution is -2.05. The number of nitrogens with one attached hydrogen (secondary N) is 1. The van der Waals surface area contributed by atoms with Crippen LogP contribution in [-0.2, 0) is 13.0 Å². The molecule has 2 nitrogen and oxygen atoms in total. The number of hydrogen-bond acceptors (Lipinski definition) is 2. The van der Waals surface area contributed by atoms with Crippen molar-refractivity contribution < 1.29 is 4.39 Å². The van der Waals surface area contributed by atoms with Crippen molar-refractivity contribution in [3.8, 4) is 0 Å². The predicted octanol–water partition coefficient (Wildman–Crippen LogP) is 2.94. The average molecular weight is 244 g/mol. The van der Waals surface area contributed by atoms with E-state index in [0.29, 0.717) is 6.54 Å². The molecular formula is C15H17FN2. The lowest BCUT2D eigenvalue weighted by molar-refractivity contribution is 0.628. The van der Waals surface area contributed by atoms with Gasteiger partial charge in [-0.1, -0.05) is 24.3 Å². The zero-order chi connectivity index (χ0) is 12.8. The Labute approximate surface area is 107 Å². The molecule has 0 unspecified atom stereocenters. The van der Waals surface area contributed by atoms with E-state index in [4.69, 9.17) is 5.73 Å². The topological polar surface area (TPSA) is 38.0 Å². The Balaban J connectivity index is 1.82. The van der Waals surface area contributed by atoms with Crippen molar-refractivity contribution in [1.82, 2.24) is 0 Å². The predicted molar refractivity (Wildman–Crippen MR) is 72.9 cm³/mol. The van der Waals surface area contributed by atoms with Crippen LogP contribution >= 0.6 is 0 Å². The minimum absolute atomic E-state index is 0.210. The molecule has 0 radical (unpaired) electrons. The van der Waals surface area contributed by atoms with Gasteiger partial charge in [-0.15, -0.1) is 0 Å². The van der Waals surface area contributed by atoms with Crippen LogP contribution < -0.4 is 11.1 Å². The Kier molecular flexibility index (Phi) is 4.31. The summed E-state index contributed by atoms with van der Waals surface area (Å²) >= 11 is 0. The Hall–Kier alpha value is -1.87. The zero-order valence-electron chi connectivity index (χ0n) is 10.2. The van der Waals surface area contributed by atoms with Crippen molar-refractivity contribution in [3.63, 3.8) is 0 Å². The third kappa shape index (κ3) is 3.57. The molecule has 0 bridgehead atoms. The van der Waals surface area contributed by atoms with Gasteiger partial charge >= 0.3 is 0 Å². The molecule has 0 amide bonds. The number of anilines is 1. The summed E-state index contributed by atoms with van der Waals surface area (Å²) in [5.74, 6) is -0.210. The molecule has 0 saturated heterocycles. The fourth-order valence-electron chi connectivity index (χ4n) is 1.76. The van der Waals surface area contributed by atoms with Gasteiger partial charge in [0.15, 0.2) is 0 Å². The lowest BCUT2D eigenvalue weighted by Gasteiger charge is -2.07. The highest BCUT2D eigenvalue weighted by Crippen LogP contribution is 2.09. The maximum Gasteiger partial charge on any atom is 0.123 e. The molecule has 0 aliphatic rings. The summed E-state index contributed by atoms with van der Waals surface area (Å²) in [6.45, 7) is 1.40. The van der Waals surface area contributed by atoms with E-state index in [9.17, 15) is 4.39 Å². The molecule has 3 N–H and O–H groups in total. The van der Waals surface area contributed by atoms with Gasteiger partial charge in [-0.25, -0.2) is 4.39 Å². The maximum atomic E-state index is 12.7. The molecule has 0 heterocycles. The molecule has 94 valence electrons. The van der Waals surface area contributed by atoms with Crippen LogP contribution in [0.25, 0.3) is 0 Å². The second kappa shape index (κ2) is 6.17. The van der Waals surface area contributed by atoms with Crippen molar-refractivity contribution in [2.75, 3.05) is 11.9 Å². The normalized spacial score (nSPS) is 10.3. The Bertz CT molecular complexity index is 477. The van der Waals surface area contributed by atoms with Crippen LogP contribution in [0.4, 0.5) is 10.1 Å². The van der Waals surface area contributed by atoms with Crippen molar-refractivity contribution >= 4 is 5.69 Å². The van der Waals surface area contributed by atoms with Crippen molar-refractivity contribution in [2.24, 2.45) is 5.73 Å². The lowest BCUT2D eigenvalue weighted by atomic mass is 10.1. The Morgan fingerprint density at radius 1 is 0.889 bits per heavy atom. The number of nitrogens with two attached hydrogens (primary N) is 1. The van der Waals surface area contributed by atoms with E-state index in [-0.39, 0.29) is 5.82 Å². The monoisotopic (exact) mass is 244 g/mol. The van der Waals surface area contributed by atoms with Crippen LogP contribution in [0.15, 0.2) is 48.5 Å². The summed E-state index contributed by atoms with van der Waals surface area (Å²) in [6, 6.07) is 14.7. The molecule has 0 spiro atoms. The standard InChI is InChI=1S/C15H17FN2/c16-14-5-7-15(8-6-14)18-10-9-12-1-3-13(11-17)4-2-12/h1-8,18H,9-11,17H2. The number of rotatable bonds is 5. The number of benzene rings is 2. The van der Waals surface area contributed by atoms with E-state index in [2.05, 4.69) is 17.4 Å². The zero-order valence-corrected chi connectivity index (χ0v) is 10.2. The molecule has 0 aromatic heterocycles. The summed E-state index contributed by atoms with van der Waals surface area (Å²) in [4.78, 5) is 0. The first kappa shape index (κ1) is 12.6. The highest BCUT2D eigenvalue weighted by Gasteiger charge is 1.95. The largest absolute Gasteiger partial charge is 0.385 e. The highest BCUT2D eigenvalue weighted by molar-refractivity contribution is 5.42. The van der Waals surface area contributed by atoms with Gasteiger partial charge in [-0.2, -0.15) is 0 Å². The van der Waals surface area contributed by atoms with Gasteiger partial charge in [-0.05, 0) is 41.8 Å². The van der Waals surface area contributed by atoms with E-state index in [1.807, 2.05) is 12.1 Å². The molecule has 3 heteroatoms. The van der Waals surface area contributed by atoms with Crippen LogP contribution in [0.1, 0.15) is 11.1 Å². The summed E-state index contributed by atoms with van der Waals surface area (Å²) in [7, 11) is 0. The molecule has 0 aliphatic carbocycles. The van der Waals surface area contributed by atoms with Gasteiger partial charge in [0.25, 0.3) is 0 Å². The molecular weight excluding hydrogens is 227 g/mol. The highest BCUT2D eigenvalue weighted by atomic mass is 19.1. The average Bonchev–Trinajstić information content (AvgIpc) is 2.42. The summed E-state index contributed by atoms with van der Waals surface area (Å²) < 4.78 is 12.7.